The van der Waals surface area contributed by atoms with Gasteiger partial charge in [0.25, 0.3) is 0 Å². The van der Waals surface area contributed by atoms with Gasteiger partial charge in [-0.25, -0.2) is 4.79 Å². The van der Waals surface area contributed by atoms with Crippen LogP contribution in [0.2, 0.25) is 0 Å². The van der Waals surface area contributed by atoms with Crippen LogP contribution in [0, 0.1) is 0 Å². The number of nitrogens with zero attached hydrogens (tertiary/aromatic N) is 1. The molecule has 2 rings (SSSR count). The monoisotopic (exact) mass is 537 g/mol. The molecule has 37 heavy (non-hydrogen) atoms. The Bertz CT molecular complexity index is 975. The first-order valence-electron chi connectivity index (χ1n) is 12.0. The molecule has 4 amide bonds. The molecule has 0 aromatic heterocycles. The van der Waals surface area contributed by atoms with Crippen LogP contribution in [0.5, 0.6) is 5.75 Å². The van der Waals surface area contributed by atoms with Crippen molar-refractivity contribution in [3.05, 3.63) is 29.8 Å². The van der Waals surface area contributed by atoms with Crippen molar-refractivity contribution in [2.75, 3.05) is 18.6 Å². The summed E-state index contributed by atoms with van der Waals surface area (Å²) in [6.07, 6.45) is 2.77. The minimum Gasteiger partial charge on any atom is -0.508 e. The van der Waals surface area contributed by atoms with Crippen LogP contribution in [-0.2, 0) is 30.4 Å². The van der Waals surface area contributed by atoms with E-state index in [1.807, 2.05) is 6.26 Å². The van der Waals surface area contributed by atoms with E-state index in [-0.39, 0.29) is 38.0 Å². The van der Waals surface area contributed by atoms with E-state index >= 15 is 0 Å². The van der Waals surface area contributed by atoms with Crippen LogP contribution in [-0.4, -0.2) is 87.4 Å². The second-order valence-corrected chi connectivity index (χ2v) is 9.90. The number of phenolic OH excluding ortho intramolecular Hbond substituents is 1. The van der Waals surface area contributed by atoms with Crippen molar-refractivity contribution in [1.29, 1.82) is 0 Å². The van der Waals surface area contributed by atoms with E-state index in [9.17, 15) is 34.2 Å². The lowest BCUT2D eigenvalue weighted by Gasteiger charge is -2.29. The van der Waals surface area contributed by atoms with E-state index < -0.39 is 53.8 Å². The average molecular weight is 538 g/mol. The van der Waals surface area contributed by atoms with Crippen molar-refractivity contribution in [3.63, 3.8) is 0 Å². The summed E-state index contributed by atoms with van der Waals surface area (Å²) in [7, 11) is 0. The molecule has 1 fully saturated rings. The van der Waals surface area contributed by atoms with Crippen LogP contribution in [0.1, 0.15) is 37.7 Å². The molecule has 1 aromatic rings. The van der Waals surface area contributed by atoms with Crippen molar-refractivity contribution in [1.82, 2.24) is 15.5 Å². The summed E-state index contributed by atoms with van der Waals surface area (Å²) in [6.45, 7) is 0.220. The van der Waals surface area contributed by atoms with E-state index in [1.54, 1.807) is 12.1 Å². The van der Waals surface area contributed by atoms with Crippen molar-refractivity contribution in [2.45, 2.75) is 62.7 Å². The number of nitrogens with one attached hydrogen (secondary N) is 2. The number of hydrogen-bond donors (Lipinski definition) is 6. The highest BCUT2D eigenvalue weighted by Gasteiger charge is 2.38. The zero-order valence-corrected chi connectivity index (χ0v) is 21.5. The number of carbonyl (C=O) groups is 5. The highest BCUT2D eigenvalue weighted by molar-refractivity contribution is 7.98. The Kier molecular flexibility index (Phi) is 11.7. The van der Waals surface area contributed by atoms with Gasteiger partial charge in [-0.3, -0.25) is 19.2 Å². The molecular weight excluding hydrogens is 502 g/mol. The number of rotatable bonds is 14. The van der Waals surface area contributed by atoms with E-state index in [4.69, 9.17) is 11.5 Å². The maximum atomic E-state index is 13.2. The second kappa shape index (κ2) is 14.4. The highest BCUT2D eigenvalue weighted by Crippen LogP contribution is 2.20. The lowest BCUT2D eigenvalue weighted by molar-refractivity contribution is -0.149. The Morgan fingerprint density at radius 3 is 2.32 bits per heavy atom. The first kappa shape index (κ1) is 29.9. The number of benzene rings is 1. The number of aliphatic carboxylic acids is 1. The van der Waals surface area contributed by atoms with Gasteiger partial charge in [-0.05, 0) is 61.8 Å². The van der Waals surface area contributed by atoms with Gasteiger partial charge in [0, 0.05) is 13.0 Å². The summed E-state index contributed by atoms with van der Waals surface area (Å²) in [5.41, 5.74) is 12.0. The summed E-state index contributed by atoms with van der Waals surface area (Å²) in [4.78, 5) is 63.3. The molecule has 0 aliphatic carbocycles. The summed E-state index contributed by atoms with van der Waals surface area (Å²) in [6, 6.07) is 2.06. The van der Waals surface area contributed by atoms with Gasteiger partial charge in [0.1, 0.15) is 23.9 Å². The van der Waals surface area contributed by atoms with Gasteiger partial charge in [-0.1, -0.05) is 12.1 Å². The number of carboxylic acid groups (broad SMARTS) is 1. The van der Waals surface area contributed by atoms with Crippen molar-refractivity contribution >= 4 is 41.4 Å². The molecule has 1 aliphatic heterocycles. The van der Waals surface area contributed by atoms with Crippen LogP contribution in [0.4, 0.5) is 0 Å². The largest absolute Gasteiger partial charge is 0.508 e. The molecular formula is C24H35N5O7S. The predicted octanol–water partition coefficient (Wildman–Crippen LogP) is -0.674. The first-order chi connectivity index (χ1) is 17.5. The molecule has 4 unspecified atom stereocenters. The fraction of sp³-hybridized carbons (Fsp3) is 0.542. The van der Waals surface area contributed by atoms with Gasteiger partial charge in [-0.2, -0.15) is 11.8 Å². The van der Waals surface area contributed by atoms with E-state index in [0.717, 1.165) is 5.56 Å². The van der Waals surface area contributed by atoms with Gasteiger partial charge in [0.05, 0.1) is 6.04 Å². The maximum absolute atomic E-state index is 13.2. The lowest BCUT2D eigenvalue weighted by atomic mass is 10.0. The summed E-state index contributed by atoms with van der Waals surface area (Å²) >= 11 is 1.46. The SMILES string of the molecule is CSCCC(NC(=O)C(N)Cc1ccc(O)cc1)C(=O)NC(CCC(N)=O)C(=O)N1CCCC1C(=O)O. The number of likely N-dealkylation sites (tertiary alicyclic amines) is 1. The van der Waals surface area contributed by atoms with Crippen LogP contribution < -0.4 is 22.1 Å². The maximum Gasteiger partial charge on any atom is 0.326 e. The molecule has 1 aliphatic rings. The molecule has 8 N–H and O–H groups in total. The Balaban J connectivity index is 2.12. The van der Waals surface area contributed by atoms with Gasteiger partial charge < -0.3 is 37.2 Å². The average Bonchev–Trinajstić information content (AvgIpc) is 3.35. The Labute approximate surface area is 219 Å². The zero-order valence-electron chi connectivity index (χ0n) is 20.7. The fourth-order valence-corrected chi connectivity index (χ4v) is 4.54. The molecule has 0 spiro atoms. The van der Waals surface area contributed by atoms with Crippen molar-refractivity contribution < 1.29 is 34.2 Å². The molecule has 0 bridgehead atoms. The molecule has 1 aromatic carbocycles. The van der Waals surface area contributed by atoms with Crippen LogP contribution in [0.25, 0.3) is 0 Å². The van der Waals surface area contributed by atoms with Crippen molar-refractivity contribution in [3.8, 4) is 5.75 Å². The van der Waals surface area contributed by atoms with Crippen LogP contribution in [0.15, 0.2) is 24.3 Å². The third-order valence-corrected chi connectivity index (χ3v) is 6.73. The number of phenols is 1. The lowest BCUT2D eigenvalue weighted by Crippen LogP contribution is -2.57. The number of nitrogens with two attached hydrogens (primary N) is 2. The number of amides is 4. The second-order valence-electron chi connectivity index (χ2n) is 8.91. The molecule has 0 radical (unpaired) electrons. The normalized spacial score (nSPS) is 17.5. The summed E-state index contributed by atoms with van der Waals surface area (Å²) < 4.78 is 0. The fourth-order valence-electron chi connectivity index (χ4n) is 4.07. The number of hydrogen-bond acceptors (Lipinski definition) is 8. The van der Waals surface area contributed by atoms with Crippen LogP contribution in [0.3, 0.4) is 0 Å². The van der Waals surface area contributed by atoms with Gasteiger partial charge >= 0.3 is 5.97 Å². The Hall–Kier alpha value is -3.32. The number of primary amides is 1. The molecule has 1 heterocycles. The molecule has 0 saturated carbocycles. The van der Waals surface area contributed by atoms with E-state index in [1.165, 1.54) is 28.8 Å². The van der Waals surface area contributed by atoms with E-state index in [0.29, 0.717) is 18.6 Å². The standard InChI is InChI=1S/C24H35N5O7S/c1-37-12-10-17(27-21(32)16(25)13-14-4-6-15(30)7-5-14)22(33)28-18(8-9-20(26)31)23(34)29-11-2-3-19(29)24(35)36/h4-7,16-19,30H,2-3,8-13,25H2,1H3,(H2,26,31)(H,27,32)(H,28,33)(H,35,36). The third kappa shape index (κ3) is 9.25. The predicted molar refractivity (Wildman–Crippen MR) is 137 cm³/mol. The Morgan fingerprint density at radius 1 is 1.08 bits per heavy atom. The minimum absolute atomic E-state index is 0.0830. The molecule has 204 valence electrons. The topological polar surface area (TPSA) is 205 Å². The quantitative estimate of drug-likeness (QED) is 0.178. The first-order valence-corrected chi connectivity index (χ1v) is 13.4. The summed E-state index contributed by atoms with van der Waals surface area (Å²) in [5, 5.41) is 24.1. The Morgan fingerprint density at radius 2 is 1.73 bits per heavy atom. The molecule has 12 nitrogen and oxygen atoms in total. The minimum atomic E-state index is -1.18. The molecule has 4 atom stereocenters. The molecule has 1 saturated heterocycles. The van der Waals surface area contributed by atoms with Crippen molar-refractivity contribution in [2.24, 2.45) is 11.5 Å². The van der Waals surface area contributed by atoms with E-state index in [2.05, 4.69) is 10.6 Å². The number of thioether (sulfide) groups is 1. The third-order valence-electron chi connectivity index (χ3n) is 6.09. The van der Waals surface area contributed by atoms with Crippen LogP contribution >= 0.6 is 11.8 Å². The van der Waals surface area contributed by atoms with Gasteiger partial charge in [0.15, 0.2) is 0 Å². The number of aromatic hydroxyl groups is 1. The van der Waals surface area contributed by atoms with Gasteiger partial charge in [-0.15, -0.1) is 0 Å². The highest BCUT2D eigenvalue weighted by atomic mass is 32.2. The smallest absolute Gasteiger partial charge is 0.326 e. The number of carbonyl (C=O) groups excluding carboxylic acids is 4. The van der Waals surface area contributed by atoms with Gasteiger partial charge in [0.2, 0.25) is 23.6 Å². The summed E-state index contributed by atoms with van der Waals surface area (Å²) in [5.74, 6) is -3.03. The molecule has 13 heteroatoms. The number of carboxylic acids is 1. The zero-order chi connectivity index (χ0) is 27.5.